The molecule has 0 unspecified atom stereocenters. The lowest BCUT2D eigenvalue weighted by Gasteiger charge is -2.07. The maximum absolute atomic E-state index is 8.80. The Morgan fingerprint density at radius 2 is 2.43 bits per heavy atom. The number of hydrogen-bond donors (Lipinski definition) is 2. The lowest BCUT2D eigenvalue weighted by atomic mass is 10.0. The standard InChI is InChI=1S/C10H15N3O/c14-4-2-9-5-10(13-7-12-9)8-1-3-11-6-8/h5,7-8,11,14H,1-4,6H2/t8-/m1/s1. The monoisotopic (exact) mass is 193 g/mol. The van der Waals surface area contributed by atoms with Crippen LogP contribution in [0.25, 0.3) is 0 Å². The van der Waals surface area contributed by atoms with Crippen LogP contribution in [0.2, 0.25) is 0 Å². The van der Waals surface area contributed by atoms with Gasteiger partial charge in [-0.05, 0) is 19.0 Å². The first kappa shape index (κ1) is 9.55. The molecule has 0 aromatic carbocycles. The second kappa shape index (κ2) is 4.48. The molecule has 1 saturated heterocycles. The summed E-state index contributed by atoms with van der Waals surface area (Å²) >= 11 is 0. The van der Waals surface area contributed by atoms with Crippen LogP contribution in [0.5, 0.6) is 0 Å². The van der Waals surface area contributed by atoms with Crippen molar-refractivity contribution in [1.82, 2.24) is 15.3 Å². The van der Waals surface area contributed by atoms with Gasteiger partial charge >= 0.3 is 0 Å². The van der Waals surface area contributed by atoms with Crippen molar-refractivity contribution in [1.29, 1.82) is 0 Å². The first-order chi connectivity index (χ1) is 6.90. The Kier molecular flexibility index (Phi) is 3.06. The number of aromatic nitrogens is 2. The number of hydrogen-bond acceptors (Lipinski definition) is 4. The van der Waals surface area contributed by atoms with E-state index in [9.17, 15) is 0 Å². The van der Waals surface area contributed by atoms with Crippen LogP contribution in [0.3, 0.4) is 0 Å². The van der Waals surface area contributed by atoms with Crippen molar-refractivity contribution in [2.45, 2.75) is 18.8 Å². The Balaban J connectivity index is 2.12. The van der Waals surface area contributed by atoms with Crippen LogP contribution in [0.15, 0.2) is 12.4 Å². The molecule has 1 aromatic rings. The second-order valence-electron chi connectivity index (χ2n) is 3.60. The normalized spacial score (nSPS) is 21.4. The van der Waals surface area contributed by atoms with Crippen molar-refractivity contribution in [3.05, 3.63) is 23.8 Å². The molecular formula is C10H15N3O. The van der Waals surface area contributed by atoms with Gasteiger partial charge < -0.3 is 10.4 Å². The smallest absolute Gasteiger partial charge is 0.115 e. The molecule has 0 aliphatic carbocycles. The molecule has 1 aliphatic heterocycles. The minimum atomic E-state index is 0.152. The van der Waals surface area contributed by atoms with E-state index >= 15 is 0 Å². The Morgan fingerprint density at radius 1 is 1.50 bits per heavy atom. The van der Waals surface area contributed by atoms with E-state index in [1.54, 1.807) is 6.33 Å². The third kappa shape index (κ3) is 2.08. The Bertz CT molecular complexity index is 297. The fraction of sp³-hybridized carbons (Fsp3) is 0.600. The van der Waals surface area contributed by atoms with E-state index in [1.165, 1.54) is 0 Å². The summed E-state index contributed by atoms with van der Waals surface area (Å²) in [5, 5.41) is 12.1. The maximum atomic E-state index is 8.80. The van der Waals surface area contributed by atoms with Crippen molar-refractivity contribution < 1.29 is 5.11 Å². The summed E-state index contributed by atoms with van der Waals surface area (Å²) in [5.41, 5.74) is 2.04. The molecule has 2 N–H and O–H groups in total. The van der Waals surface area contributed by atoms with E-state index in [4.69, 9.17) is 5.11 Å². The highest BCUT2D eigenvalue weighted by Crippen LogP contribution is 2.20. The van der Waals surface area contributed by atoms with Gasteiger partial charge in [-0.2, -0.15) is 0 Å². The summed E-state index contributed by atoms with van der Waals surface area (Å²) in [4.78, 5) is 8.38. The van der Waals surface area contributed by atoms with Gasteiger partial charge in [-0.15, -0.1) is 0 Å². The molecule has 0 amide bonds. The highest BCUT2D eigenvalue weighted by Gasteiger charge is 2.17. The van der Waals surface area contributed by atoms with Crippen molar-refractivity contribution in [3.8, 4) is 0 Å². The van der Waals surface area contributed by atoms with Crippen LogP contribution in [0, 0.1) is 0 Å². The summed E-state index contributed by atoms with van der Waals surface area (Å²) in [5.74, 6) is 0.524. The first-order valence-corrected chi connectivity index (χ1v) is 5.02. The Hall–Kier alpha value is -1.00. The maximum Gasteiger partial charge on any atom is 0.115 e. The quantitative estimate of drug-likeness (QED) is 0.714. The summed E-state index contributed by atoms with van der Waals surface area (Å²) in [6.45, 7) is 2.24. The highest BCUT2D eigenvalue weighted by atomic mass is 16.3. The zero-order valence-electron chi connectivity index (χ0n) is 8.11. The van der Waals surface area contributed by atoms with Crippen molar-refractivity contribution in [2.75, 3.05) is 19.7 Å². The van der Waals surface area contributed by atoms with Crippen LogP contribution < -0.4 is 5.32 Å². The molecule has 1 atom stereocenters. The van der Waals surface area contributed by atoms with Crippen LogP contribution >= 0.6 is 0 Å². The van der Waals surface area contributed by atoms with Gasteiger partial charge in [-0.3, -0.25) is 0 Å². The third-order valence-corrected chi connectivity index (χ3v) is 2.59. The molecule has 2 rings (SSSR count). The molecule has 1 fully saturated rings. The summed E-state index contributed by atoms with van der Waals surface area (Å²) < 4.78 is 0. The largest absolute Gasteiger partial charge is 0.396 e. The highest BCUT2D eigenvalue weighted by molar-refractivity contribution is 5.14. The van der Waals surface area contributed by atoms with E-state index in [0.717, 1.165) is 30.9 Å². The average molecular weight is 193 g/mol. The third-order valence-electron chi connectivity index (χ3n) is 2.59. The fourth-order valence-corrected chi connectivity index (χ4v) is 1.80. The van der Waals surface area contributed by atoms with Crippen LogP contribution in [-0.2, 0) is 6.42 Å². The molecule has 2 heterocycles. The number of nitrogens with one attached hydrogen (secondary N) is 1. The topological polar surface area (TPSA) is 58.0 Å². The zero-order chi connectivity index (χ0) is 9.80. The summed E-state index contributed by atoms with van der Waals surface area (Å²) in [7, 11) is 0. The van der Waals surface area contributed by atoms with Gasteiger partial charge in [-0.1, -0.05) is 0 Å². The molecule has 0 spiro atoms. The molecule has 0 radical (unpaired) electrons. The minimum absolute atomic E-state index is 0.152. The molecule has 1 aliphatic rings. The lowest BCUT2D eigenvalue weighted by Crippen LogP contribution is -2.09. The Morgan fingerprint density at radius 3 is 3.14 bits per heavy atom. The van der Waals surface area contributed by atoms with Crippen molar-refractivity contribution in [2.24, 2.45) is 0 Å². The van der Waals surface area contributed by atoms with Gasteiger partial charge in [0.1, 0.15) is 6.33 Å². The zero-order valence-corrected chi connectivity index (χ0v) is 8.11. The van der Waals surface area contributed by atoms with Gasteiger partial charge in [0.25, 0.3) is 0 Å². The molecule has 1 aromatic heterocycles. The van der Waals surface area contributed by atoms with E-state index in [-0.39, 0.29) is 6.61 Å². The van der Waals surface area contributed by atoms with Crippen LogP contribution in [0.1, 0.15) is 23.7 Å². The van der Waals surface area contributed by atoms with Crippen LogP contribution in [-0.4, -0.2) is 34.8 Å². The molecule has 0 saturated carbocycles. The van der Waals surface area contributed by atoms with E-state index in [0.29, 0.717) is 12.3 Å². The molecule has 14 heavy (non-hydrogen) atoms. The lowest BCUT2D eigenvalue weighted by molar-refractivity contribution is 0.298. The predicted octanol–water partition coefficient (Wildman–Crippen LogP) is 0.0883. The van der Waals surface area contributed by atoms with Gasteiger partial charge in [0.05, 0.1) is 0 Å². The second-order valence-corrected chi connectivity index (χ2v) is 3.60. The van der Waals surface area contributed by atoms with Gasteiger partial charge in [0.2, 0.25) is 0 Å². The van der Waals surface area contributed by atoms with Gasteiger partial charge in [0, 0.05) is 36.9 Å². The van der Waals surface area contributed by atoms with E-state index in [2.05, 4.69) is 15.3 Å². The number of aliphatic hydroxyl groups excluding tert-OH is 1. The SMILES string of the molecule is OCCc1cc([C@@H]2CCNC2)ncn1. The van der Waals surface area contributed by atoms with Crippen molar-refractivity contribution >= 4 is 0 Å². The summed E-state index contributed by atoms with van der Waals surface area (Å²) in [6.07, 6.45) is 3.36. The van der Waals surface area contributed by atoms with Crippen molar-refractivity contribution in [3.63, 3.8) is 0 Å². The fourth-order valence-electron chi connectivity index (χ4n) is 1.80. The predicted molar refractivity (Wildman–Crippen MR) is 53.0 cm³/mol. The summed E-state index contributed by atoms with van der Waals surface area (Å²) in [6, 6.07) is 2.01. The first-order valence-electron chi connectivity index (χ1n) is 5.02. The molecule has 4 nitrogen and oxygen atoms in total. The van der Waals surface area contributed by atoms with Gasteiger partial charge in [-0.25, -0.2) is 9.97 Å². The average Bonchev–Trinajstić information content (AvgIpc) is 2.71. The van der Waals surface area contributed by atoms with E-state index < -0.39 is 0 Å². The number of nitrogens with zero attached hydrogens (tertiary/aromatic N) is 2. The Labute approximate surface area is 83.4 Å². The van der Waals surface area contributed by atoms with E-state index in [1.807, 2.05) is 6.07 Å². The minimum Gasteiger partial charge on any atom is -0.396 e. The number of rotatable bonds is 3. The number of aliphatic hydroxyl groups is 1. The van der Waals surface area contributed by atoms with Crippen LogP contribution in [0.4, 0.5) is 0 Å². The molecule has 4 heteroatoms. The molecule has 76 valence electrons. The van der Waals surface area contributed by atoms with Gasteiger partial charge in [0.15, 0.2) is 0 Å². The molecular weight excluding hydrogens is 178 g/mol. The molecule has 0 bridgehead atoms.